The Hall–Kier alpha value is -2.18. The van der Waals surface area contributed by atoms with Crippen molar-refractivity contribution in [2.45, 2.75) is 6.61 Å². The monoisotopic (exact) mass is 739 g/mol. The molecule has 0 spiro atoms. The molecule has 0 aliphatic heterocycles. The number of rotatable bonds is 8. The van der Waals surface area contributed by atoms with Gasteiger partial charge in [0.1, 0.15) is 12.4 Å². The topological polar surface area (TPSA) is 62.7 Å². The van der Waals surface area contributed by atoms with Crippen molar-refractivity contribution in [2.75, 3.05) is 11.9 Å². The fourth-order valence-electron chi connectivity index (χ4n) is 3.30. The molecule has 4 aromatic carbocycles. The molecule has 0 unspecified atom stereocenters. The van der Waals surface area contributed by atoms with Crippen molar-refractivity contribution in [3.63, 3.8) is 0 Å². The molecule has 0 bridgehead atoms. The van der Waals surface area contributed by atoms with Gasteiger partial charge in [-0.15, -0.1) is 0 Å². The average molecular weight is 740 g/mol. The van der Waals surface area contributed by atoms with Crippen molar-refractivity contribution >= 4 is 89.7 Å². The molecule has 0 fully saturated rings. The Morgan fingerprint density at radius 3 is 2.44 bits per heavy atom. The lowest BCUT2D eigenvalue weighted by Gasteiger charge is -2.11. The summed E-state index contributed by atoms with van der Waals surface area (Å²) >= 11 is 7.95. The predicted octanol–water partition coefficient (Wildman–Crippen LogP) is 6.95. The Labute approximate surface area is 233 Å². The zero-order valence-corrected chi connectivity index (χ0v) is 23.8. The highest BCUT2D eigenvalue weighted by Gasteiger charge is 2.09. The molecule has 0 aliphatic rings. The molecule has 0 aromatic heterocycles. The van der Waals surface area contributed by atoms with Crippen molar-refractivity contribution in [3.05, 3.63) is 102 Å². The molecular weight excluding hydrogens is 720 g/mol. The summed E-state index contributed by atoms with van der Waals surface area (Å²) in [5.41, 5.74) is 5.48. The van der Waals surface area contributed by atoms with Gasteiger partial charge in [0.25, 0.3) is 5.91 Å². The molecule has 2 N–H and O–H groups in total. The number of hydrogen-bond donors (Lipinski definition) is 2. The molecule has 5 nitrogen and oxygen atoms in total. The molecule has 4 rings (SSSR count). The van der Waals surface area contributed by atoms with Crippen LogP contribution in [0.4, 0.5) is 5.69 Å². The van der Waals surface area contributed by atoms with Crippen molar-refractivity contribution in [3.8, 4) is 5.75 Å². The molecule has 0 saturated carbocycles. The van der Waals surface area contributed by atoms with Crippen LogP contribution in [0.3, 0.4) is 0 Å². The summed E-state index contributed by atoms with van der Waals surface area (Å²) < 4.78 is 9.04. The second kappa shape index (κ2) is 12.0. The Balaban J connectivity index is 1.32. The van der Waals surface area contributed by atoms with Crippen LogP contribution in [0, 0.1) is 7.14 Å². The highest BCUT2D eigenvalue weighted by molar-refractivity contribution is 14.1. The molecule has 34 heavy (non-hydrogen) atoms. The second-order valence-electron chi connectivity index (χ2n) is 7.40. The number of anilines is 1. The van der Waals surface area contributed by atoms with Gasteiger partial charge < -0.3 is 10.1 Å². The van der Waals surface area contributed by atoms with Crippen LogP contribution in [0.5, 0.6) is 5.75 Å². The zero-order valence-electron chi connectivity index (χ0n) is 17.9. The van der Waals surface area contributed by atoms with Crippen LogP contribution >= 0.6 is 61.1 Å². The number of amides is 1. The van der Waals surface area contributed by atoms with E-state index in [0.29, 0.717) is 6.61 Å². The van der Waals surface area contributed by atoms with Crippen LogP contribution in [-0.4, -0.2) is 18.7 Å². The lowest BCUT2D eigenvalue weighted by Crippen LogP contribution is -2.25. The maximum Gasteiger partial charge on any atom is 0.259 e. The first kappa shape index (κ1) is 24.9. The highest BCUT2D eigenvalue weighted by atomic mass is 127. The van der Waals surface area contributed by atoms with Crippen LogP contribution in [0.15, 0.2) is 88.4 Å². The number of hydrogen-bond acceptors (Lipinski definition) is 4. The van der Waals surface area contributed by atoms with Gasteiger partial charge in [-0.1, -0.05) is 64.5 Å². The van der Waals surface area contributed by atoms with E-state index in [2.05, 4.69) is 77.0 Å². The van der Waals surface area contributed by atoms with E-state index in [-0.39, 0.29) is 12.5 Å². The number of carbonyl (C=O) groups excluding carboxylic acids is 1. The number of fused-ring (bicyclic) bond motifs is 1. The molecule has 0 atom stereocenters. The number of ether oxygens (including phenoxy) is 1. The standard InChI is InChI=1S/C26H20BrI2N3O2/c27-20-10-8-17(9-11-20)16-34-26-22(28)12-18(13-23(26)29)14-31-32-25(33)15-30-24-7-3-5-19-4-1-2-6-21(19)24/h1-14,30H,15-16H2,(H,32,33)/b31-14-. The third-order valence-electron chi connectivity index (χ3n) is 4.95. The number of benzene rings is 4. The number of halogens is 3. The van der Waals surface area contributed by atoms with Crippen LogP contribution in [-0.2, 0) is 11.4 Å². The van der Waals surface area contributed by atoms with Gasteiger partial charge in [-0.3, -0.25) is 4.79 Å². The van der Waals surface area contributed by atoms with Crippen molar-refractivity contribution in [2.24, 2.45) is 5.10 Å². The van der Waals surface area contributed by atoms with Crippen LogP contribution in [0.1, 0.15) is 11.1 Å². The Kier molecular flexibility index (Phi) is 8.79. The maximum atomic E-state index is 12.3. The van der Waals surface area contributed by atoms with E-state index in [1.807, 2.05) is 78.9 Å². The fraction of sp³-hybridized carbons (Fsp3) is 0.0769. The van der Waals surface area contributed by atoms with Gasteiger partial charge in [-0.2, -0.15) is 5.10 Å². The van der Waals surface area contributed by atoms with Gasteiger partial charge in [0, 0.05) is 15.5 Å². The minimum Gasteiger partial charge on any atom is -0.487 e. The minimum atomic E-state index is -0.219. The molecule has 0 aliphatic carbocycles. The summed E-state index contributed by atoms with van der Waals surface area (Å²) in [5.74, 6) is 0.618. The third-order valence-corrected chi connectivity index (χ3v) is 7.08. The molecule has 1 amide bonds. The van der Waals surface area contributed by atoms with E-state index in [1.165, 1.54) is 0 Å². The number of nitrogens with one attached hydrogen (secondary N) is 2. The second-order valence-corrected chi connectivity index (χ2v) is 10.6. The highest BCUT2D eigenvalue weighted by Crippen LogP contribution is 2.29. The van der Waals surface area contributed by atoms with Crippen LogP contribution < -0.4 is 15.5 Å². The average Bonchev–Trinajstić information content (AvgIpc) is 2.83. The summed E-state index contributed by atoms with van der Waals surface area (Å²) in [6.45, 7) is 0.621. The molecule has 0 radical (unpaired) electrons. The number of hydrazone groups is 1. The first-order valence-electron chi connectivity index (χ1n) is 10.4. The first-order valence-corrected chi connectivity index (χ1v) is 13.3. The minimum absolute atomic E-state index is 0.128. The predicted molar refractivity (Wildman–Crippen MR) is 159 cm³/mol. The summed E-state index contributed by atoms with van der Waals surface area (Å²) in [6, 6.07) is 26.0. The molecule has 8 heteroatoms. The van der Waals surface area contributed by atoms with E-state index in [0.717, 1.165) is 44.9 Å². The molecule has 4 aromatic rings. The molecule has 0 heterocycles. The SMILES string of the molecule is O=C(CNc1cccc2ccccc12)N/N=C\c1cc(I)c(OCc2ccc(Br)cc2)c(I)c1. The summed E-state index contributed by atoms with van der Waals surface area (Å²) in [4.78, 5) is 12.3. The number of nitrogens with zero attached hydrogens (tertiary/aromatic N) is 1. The van der Waals surface area contributed by atoms with E-state index >= 15 is 0 Å². The molecular formula is C26H20BrI2N3O2. The quantitative estimate of drug-likeness (QED) is 0.117. The van der Waals surface area contributed by atoms with Gasteiger partial charge >= 0.3 is 0 Å². The van der Waals surface area contributed by atoms with E-state index in [1.54, 1.807) is 6.21 Å². The normalized spacial score (nSPS) is 11.0. The Morgan fingerprint density at radius 1 is 0.971 bits per heavy atom. The van der Waals surface area contributed by atoms with Crippen LogP contribution in [0.25, 0.3) is 10.8 Å². The lowest BCUT2D eigenvalue weighted by atomic mass is 10.1. The van der Waals surface area contributed by atoms with Gasteiger partial charge in [0.05, 0.1) is 19.9 Å². The Bertz CT molecular complexity index is 1320. The number of carbonyl (C=O) groups is 1. The summed E-state index contributed by atoms with van der Waals surface area (Å²) in [5, 5.41) is 9.50. The van der Waals surface area contributed by atoms with Gasteiger partial charge in [0.15, 0.2) is 0 Å². The van der Waals surface area contributed by atoms with E-state index < -0.39 is 0 Å². The molecule has 172 valence electrons. The Morgan fingerprint density at radius 2 is 1.68 bits per heavy atom. The fourth-order valence-corrected chi connectivity index (χ4v) is 5.69. The lowest BCUT2D eigenvalue weighted by molar-refractivity contribution is -0.119. The third kappa shape index (κ3) is 6.70. The van der Waals surface area contributed by atoms with Crippen molar-refractivity contribution < 1.29 is 9.53 Å². The van der Waals surface area contributed by atoms with Gasteiger partial charge in [-0.25, -0.2) is 5.43 Å². The van der Waals surface area contributed by atoms with Crippen LogP contribution in [0.2, 0.25) is 0 Å². The zero-order chi connectivity index (χ0) is 23.9. The van der Waals surface area contributed by atoms with Gasteiger partial charge in [-0.05, 0) is 92.0 Å². The van der Waals surface area contributed by atoms with Crippen molar-refractivity contribution in [1.82, 2.24) is 5.43 Å². The summed E-state index contributed by atoms with van der Waals surface area (Å²) in [7, 11) is 0. The first-order chi connectivity index (χ1) is 16.5. The van der Waals surface area contributed by atoms with E-state index in [9.17, 15) is 4.79 Å². The van der Waals surface area contributed by atoms with E-state index in [4.69, 9.17) is 4.74 Å². The van der Waals surface area contributed by atoms with Gasteiger partial charge in [0.2, 0.25) is 0 Å². The smallest absolute Gasteiger partial charge is 0.259 e. The van der Waals surface area contributed by atoms with Crippen molar-refractivity contribution in [1.29, 1.82) is 0 Å². The largest absolute Gasteiger partial charge is 0.487 e. The maximum absolute atomic E-state index is 12.3. The molecule has 0 saturated heterocycles. The summed E-state index contributed by atoms with van der Waals surface area (Å²) in [6.07, 6.45) is 1.64.